The van der Waals surface area contributed by atoms with Crippen LogP contribution in [0.4, 0.5) is 5.69 Å². The van der Waals surface area contributed by atoms with E-state index < -0.39 is 28.0 Å². The highest BCUT2D eigenvalue weighted by molar-refractivity contribution is 7.93. The number of rotatable bonds is 9. The van der Waals surface area contributed by atoms with E-state index in [1.54, 1.807) is 12.1 Å². The Morgan fingerprint density at radius 2 is 1.89 bits per heavy atom. The van der Waals surface area contributed by atoms with E-state index in [1.807, 2.05) is 12.1 Å². The molecule has 4 rings (SSSR count). The van der Waals surface area contributed by atoms with Crippen LogP contribution in [-0.2, 0) is 26.0 Å². The number of carbonyl (C=O) groups excluding carboxylic acids is 2. The average molecular weight is 527 g/mol. The third-order valence-electron chi connectivity index (χ3n) is 6.82. The van der Waals surface area contributed by atoms with Crippen LogP contribution in [0, 0.1) is 0 Å². The minimum absolute atomic E-state index is 0.0247. The van der Waals surface area contributed by atoms with Crippen molar-refractivity contribution in [3.05, 3.63) is 65.2 Å². The van der Waals surface area contributed by atoms with Gasteiger partial charge in [-0.05, 0) is 81.7 Å². The molecule has 37 heavy (non-hydrogen) atoms. The van der Waals surface area contributed by atoms with Crippen LogP contribution in [0.25, 0.3) is 0 Å². The van der Waals surface area contributed by atoms with Crippen molar-refractivity contribution >= 4 is 27.6 Å². The third kappa shape index (κ3) is 6.15. The van der Waals surface area contributed by atoms with Gasteiger partial charge in [0.2, 0.25) is 0 Å². The van der Waals surface area contributed by atoms with Gasteiger partial charge in [-0.25, -0.2) is 13.2 Å². The first-order valence-corrected chi connectivity index (χ1v) is 14.2. The van der Waals surface area contributed by atoms with Crippen LogP contribution in [-0.4, -0.2) is 46.6 Å². The number of aryl methyl sites for hydroxylation is 1. The number of ether oxygens (including phenoxy) is 2. The first kappa shape index (κ1) is 26.7. The Bertz CT molecular complexity index is 1290. The SMILES string of the molecule is COc1ccc(C(=O)O[C@H](C)C(=O)NCCC2=CCCCC2)cc1S(=O)(=O)N1CCCc2ccccc21. The molecule has 0 spiro atoms. The third-order valence-corrected chi connectivity index (χ3v) is 8.65. The minimum Gasteiger partial charge on any atom is -0.495 e. The molecular formula is C28H34N2O6S. The number of para-hydroxylation sites is 1. The van der Waals surface area contributed by atoms with E-state index in [2.05, 4.69) is 11.4 Å². The predicted molar refractivity (Wildman–Crippen MR) is 141 cm³/mol. The molecule has 8 nitrogen and oxygen atoms in total. The lowest BCUT2D eigenvalue weighted by Crippen LogP contribution is -2.37. The van der Waals surface area contributed by atoms with Crippen molar-refractivity contribution in [2.24, 2.45) is 0 Å². The number of nitrogens with one attached hydrogen (secondary N) is 1. The van der Waals surface area contributed by atoms with Gasteiger partial charge < -0.3 is 14.8 Å². The molecule has 1 aliphatic heterocycles. The highest BCUT2D eigenvalue weighted by Gasteiger charge is 2.32. The molecule has 9 heteroatoms. The number of benzene rings is 2. The summed E-state index contributed by atoms with van der Waals surface area (Å²) in [5, 5.41) is 2.81. The Morgan fingerprint density at radius 3 is 2.65 bits per heavy atom. The Hall–Kier alpha value is -3.33. The van der Waals surface area contributed by atoms with Crippen LogP contribution in [0.2, 0.25) is 0 Å². The maximum Gasteiger partial charge on any atom is 0.338 e. The highest BCUT2D eigenvalue weighted by atomic mass is 32.2. The quantitative estimate of drug-likeness (QED) is 0.384. The number of hydrogen-bond acceptors (Lipinski definition) is 6. The first-order valence-electron chi connectivity index (χ1n) is 12.8. The highest BCUT2D eigenvalue weighted by Crippen LogP contribution is 2.35. The zero-order valence-corrected chi connectivity index (χ0v) is 22.2. The molecule has 0 saturated heterocycles. The van der Waals surface area contributed by atoms with Gasteiger partial charge in [0.05, 0.1) is 18.4 Å². The molecule has 0 radical (unpaired) electrons. The number of esters is 1. The van der Waals surface area contributed by atoms with Crippen molar-refractivity contribution in [1.29, 1.82) is 0 Å². The second-order valence-electron chi connectivity index (χ2n) is 9.37. The molecule has 0 saturated carbocycles. The van der Waals surface area contributed by atoms with E-state index in [-0.39, 0.29) is 16.2 Å². The van der Waals surface area contributed by atoms with Crippen molar-refractivity contribution < 1.29 is 27.5 Å². The lowest BCUT2D eigenvalue weighted by Gasteiger charge is -2.31. The fraction of sp³-hybridized carbons (Fsp3) is 0.429. The number of amides is 1. The summed E-state index contributed by atoms with van der Waals surface area (Å²) >= 11 is 0. The van der Waals surface area contributed by atoms with Crippen molar-refractivity contribution in [1.82, 2.24) is 5.32 Å². The van der Waals surface area contributed by atoms with Gasteiger partial charge in [0, 0.05) is 13.1 Å². The summed E-state index contributed by atoms with van der Waals surface area (Å²) in [7, 11) is -2.64. The smallest absolute Gasteiger partial charge is 0.338 e. The minimum atomic E-state index is -4.03. The van der Waals surface area contributed by atoms with E-state index in [0.717, 1.165) is 31.2 Å². The van der Waals surface area contributed by atoms with Crippen molar-refractivity contribution in [3.8, 4) is 5.75 Å². The van der Waals surface area contributed by atoms with Gasteiger partial charge in [-0.1, -0.05) is 29.8 Å². The van der Waals surface area contributed by atoms with Crippen LogP contribution in [0.15, 0.2) is 59.0 Å². The first-order chi connectivity index (χ1) is 17.8. The van der Waals surface area contributed by atoms with Gasteiger partial charge in [0.1, 0.15) is 10.6 Å². The maximum atomic E-state index is 13.7. The van der Waals surface area contributed by atoms with Crippen molar-refractivity contribution in [2.75, 3.05) is 24.5 Å². The molecule has 0 aromatic heterocycles. The molecule has 0 bridgehead atoms. The molecule has 1 N–H and O–H groups in total. The van der Waals surface area contributed by atoms with Crippen LogP contribution < -0.4 is 14.4 Å². The molecular weight excluding hydrogens is 492 g/mol. The molecule has 2 aromatic rings. The second kappa shape index (κ2) is 11.8. The van der Waals surface area contributed by atoms with E-state index in [1.165, 1.54) is 55.0 Å². The van der Waals surface area contributed by atoms with Crippen LogP contribution in [0.1, 0.15) is 61.4 Å². The van der Waals surface area contributed by atoms with Gasteiger partial charge >= 0.3 is 5.97 Å². The summed E-state index contributed by atoms with van der Waals surface area (Å²) in [4.78, 5) is 25.2. The summed E-state index contributed by atoms with van der Waals surface area (Å²) in [6, 6.07) is 11.5. The predicted octanol–water partition coefficient (Wildman–Crippen LogP) is 4.39. The van der Waals surface area contributed by atoms with Gasteiger partial charge in [-0.3, -0.25) is 9.10 Å². The Kier molecular flexibility index (Phi) is 8.53. The number of anilines is 1. The lowest BCUT2D eigenvalue weighted by atomic mass is 9.97. The zero-order valence-electron chi connectivity index (χ0n) is 21.4. The number of allylic oxidation sites excluding steroid dienone is 1. The summed E-state index contributed by atoms with van der Waals surface area (Å²) in [6.07, 6.45) is 8.01. The maximum absolute atomic E-state index is 13.7. The van der Waals surface area contributed by atoms with Crippen LogP contribution in [0.3, 0.4) is 0 Å². The van der Waals surface area contributed by atoms with E-state index in [0.29, 0.717) is 25.2 Å². The topological polar surface area (TPSA) is 102 Å². The fourth-order valence-electron chi connectivity index (χ4n) is 4.78. The van der Waals surface area contributed by atoms with Crippen molar-refractivity contribution in [2.45, 2.75) is 62.9 Å². The summed E-state index contributed by atoms with van der Waals surface area (Å²) in [5.41, 5.74) is 2.95. The summed E-state index contributed by atoms with van der Waals surface area (Å²) in [6.45, 7) is 2.30. The molecule has 0 unspecified atom stereocenters. The average Bonchev–Trinajstić information content (AvgIpc) is 2.92. The normalized spacial score (nSPS) is 16.3. The zero-order chi connectivity index (χ0) is 26.4. The number of nitrogens with zero attached hydrogens (tertiary/aromatic N) is 1. The molecule has 0 fully saturated rings. The van der Waals surface area contributed by atoms with Crippen molar-refractivity contribution in [3.63, 3.8) is 0 Å². The molecule has 1 atom stereocenters. The summed E-state index contributed by atoms with van der Waals surface area (Å²) in [5.74, 6) is -1.05. The number of fused-ring (bicyclic) bond motifs is 1. The van der Waals surface area contributed by atoms with E-state index in [4.69, 9.17) is 9.47 Å². The molecule has 1 heterocycles. The molecule has 198 valence electrons. The number of methoxy groups -OCH3 is 1. The lowest BCUT2D eigenvalue weighted by molar-refractivity contribution is -0.129. The number of sulfonamides is 1. The van der Waals surface area contributed by atoms with Crippen LogP contribution >= 0.6 is 0 Å². The molecule has 2 aliphatic rings. The monoisotopic (exact) mass is 526 g/mol. The fourth-order valence-corrected chi connectivity index (χ4v) is 6.50. The number of hydrogen-bond donors (Lipinski definition) is 1. The second-order valence-corrected chi connectivity index (χ2v) is 11.2. The standard InChI is InChI=1S/C28H34N2O6S/c1-20(27(31)29-17-16-21-9-4-3-5-10-21)36-28(32)23-14-15-25(35-2)26(19-23)37(33,34)30-18-8-12-22-11-6-7-13-24(22)30/h6-7,9,11,13-15,19-20H,3-5,8,10,12,16-18H2,1-2H3,(H,29,31)/t20-/m1/s1. The molecule has 1 aliphatic carbocycles. The number of carbonyl (C=O) groups is 2. The van der Waals surface area contributed by atoms with Gasteiger partial charge in [-0.2, -0.15) is 0 Å². The van der Waals surface area contributed by atoms with Gasteiger partial charge in [-0.15, -0.1) is 0 Å². The Morgan fingerprint density at radius 1 is 1.08 bits per heavy atom. The molecule has 2 aromatic carbocycles. The Balaban J connectivity index is 1.47. The van der Waals surface area contributed by atoms with Gasteiger partial charge in [0.15, 0.2) is 6.10 Å². The molecule has 1 amide bonds. The van der Waals surface area contributed by atoms with E-state index in [9.17, 15) is 18.0 Å². The van der Waals surface area contributed by atoms with E-state index >= 15 is 0 Å². The van der Waals surface area contributed by atoms with Crippen LogP contribution in [0.5, 0.6) is 5.75 Å². The largest absolute Gasteiger partial charge is 0.495 e. The van der Waals surface area contributed by atoms with Gasteiger partial charge in [0.25, 0.3) is 15.9 Å². The Labute approximate surface area is 218 Å². The summed E-state index contributed by atoms with van der Waals surface area (Å²) < 4.78 is 39.5.